The van der Waals surface area contributed by atoms with Crippen LogP contribution in [0.1, 0.15) is 6.92 Å². The fraction of sp³-hybridized carbons (Fsp3) is 0.273. The second kappa shape index (κ2) is 4.85. The maximum absolute atomic E-state index is 13.7. The summed E-state index contributed by atoms with van der Waals surface area (Å²) in [5, 5.41) is 2.57. The maximum atomic E-state index is 13.7. The van der Waals surface area contributed by atoms with Crippen LogP contribution in [0.15, 0.2) is 12.1 Å². The van der Waals surface area contributed by atoms with Crippen molar-refractivity contribution in [3.63, 3.8) is 0 Å². The number of nitrogens with one attached hydrogen (secondary N) is 2. The largest absolute Gasteiger partial charge is 0.355 e. The summed E-state index contributed by atoms with van der Waals surface area (Å²) in [6.07, 6.45) is 0. The number of rotatable bonds is 3. The van der Waals surface area contributed by atoms with Gasteiger partial charge in [-0.1, -0.05) is 0 Å². The summed E-state index contributed by atoms with van der Waals surface area (Å²) in [5.41, 5.74) is 0.342. The molecule has 0 saturated heterocycles. The van der Waals surface area contributed by atoms with E-state index >= 15 is 0 Å². The van der Waals surface area contributed by atoms with Crippen molar-refractivity contribution >= 4 is 29.2 Å². The first-order valence-electron chi connectivity index (χ1n) is 5.37. The van der Waals surface area contributed by atoms with Gasteiger partial charge in [0, 0.05) is 6.54 Å². The lowest BCUT2D eigenvalue weighted by molar-refractivity contribution is -0.121. The van der Waals surface area contributed by atoms with E-state index in [0.717, 1.165) is 6.07 Å². The highest BCUT2D eigenvalue weighted by atomic mass is 32.1. The van der Waals surface area contributed by atoms with Gasteiger partial charge in [0.15, 0.2) is 16.4 Å². The Bertz CT molecular complexity index is 662. The molecular weight excluding hydrogens is 260 g/mol. The summed E-state index contributed by atoms with van der Waals surface area (Å²) < 4.78 is 28.3. The molecule has 1 heterocycles. The Morgan fingerprint density at radius 2 is 2.22 bits per heavy atom. The molecule has 0 aliphatic rings. The molecule has 1 amide bonds. The number of amides is 1. The molecule has 2 N–H and O–H groups in total. The van der Waals surface area contributed by atoms with Crippen molar-refractivity contribution in [1.82, 2.24) is 14.9 Å². The number of hydrogen-bond acceptors (Lipinski definition) is 2. The predicted molar refractivity (Wildman–Crippen MR) is 65.7 cm³/mol. The minimum Gasteiger partial charge on any atom is -0.355 e. The molecule has 0 aliphatic carbocycles. The smallest absolute Gasteiger partial charge is 0.240 e. The summed E-state index contributed by atoms with van der Waals surface area (Å²) in [4.78, 5) is 14.2. The van der Waals surface area contributed by atoms with Crippen molar-refractivity contribution in [2.24, 2.45) is 0 Å². The Labute approximate surface area is 107 Å². The zero-order valence-electron chi connectivity index (χ0n) is 9.59. The summed E-state index contributed by atoms with van der Waals surface area (Å²) in [6, 6.07) is 2.40. The second-order valence-corrected chi connectivity index (χ2v) is 4.11. The van der Waals surface area contributed by atoms with Crippen LogP contribution >= 0.6 is 12.2 Å². The number of hydrogen-bond donors (Lipinski definition) is 2. The highest BCUT2D eigenvalue weighted by Crippen LogP contribution is 2.20. The van der Waals surface area contributed by atoms with Gasteiger partial charge < -0.3 is 14.9 Å². The predicted octanol–water partition coefficient (Wildman–Crippen LogP) is 2.11. The molecule has 0 atom stereocenters. The maximum Gasteiger partial charge on any atom is 0.240 e. The molecular formula is C11H11F2N3OS. The van der Waals surface area contributed by atoms with Gasteiger partial charge in [-0.3, -0.25) is 4.79 Å². The van der Waals surface area contributed by atoms with Gasteiger partial charge >= 0.3 is 0 Å². The average Bonchev–Trinajstić information content (AvgIpc) is 2.62. The lowest BCUT2D eigenvalue weighted by atomic mass is 10.3. The number of carbonyl (C=O) groups excluding carboxylic acids is 1. The number of halogens is 2. The number of imidazole rings is 1. The van der Waals surface area contributed by atoms with Gasteiger partial charge in [-0.15, -0.1) is 0 Å². The number of H-pyrrole nitrogens is 1. The minimum absolute atomic E-state index is 0.0220. The first-order chi connectivity index (χ1) is 8.54. The normalized spacial score (nSPS) is 10.8. The number of carbonyl (C=O) groups is 1. The van der Waals surface area contributed by atoms with Gasteiger partial charge in [0.1, 0.15) is 12.1 Å². The third kappa shape index (κ3) is 2.13. The van der Waals surface area contributed by atoms with Crippen molar-refractivity contribution in [2.75, 3.05) is 6.54 Å². The van der Waals surface area contributed by atoms with E-state index in [4.69, 9.17) is 12.2 Å². The molecule has 0 spiro atoms. The van der Waals surface area contributed by atoms with Crippen LogP contribution in [-0.2, 0) is 11.3 Å². The van der Waals surface area contributed by atoms with Gasteiger partial charge in [-0.05, 0) is 31.3 Å². The van der Waals surface area contributed by atoms with Crippen molar-refractivity contribution in [3.8, 4) is 0 Å². The Hall–Kier alpha value is -1.76. The van der Waals surface area contributed by atoms with Crippen LogP contribution < -0.4 is 5.32 Å². The second-order valence-electron chi connectivity index (χ2n) is 3.73. The van der Waals surface area contributed by atoms with Gasteiger partial charge in [-0.25, -0.2) is 8.78 Å². The monoisotopic (exact) mass is 271 g/mol. The molecule has 2 rings (SSSR count). The lowest BCUT2D eigenvalue weighted by Crippen LogP contribution is -2.27. The number of benzene rings is 1. The number of nitrogens with zero attached hydrogens (tertiary/aromatic N) is 1. The van der Waals surface area contributed by atoms with Crippen molar-refractivity contribution in [1.29, 1.82) is 0 Å². The highest BCUT2D eigenvalue weighted by molar-refractivity contribution is 7.71. The van der Waals surface area contributed by atoms with Crippen LogP contribution in [0.3, 0.4) is 0 Å². The first-order valence-corrected chi connectivity index (χ1v) is 5.78. The molecule has 4 nitrogen and oxygen atoms in total. The first kappa shape index (κ1) is 12.7. The summed E-state index contributed by atoms with van der Waals surface area (Å²) in [5.74, 6) is -2.29. The standard InChI is InChI=1S/C11H11F2N3OS/c1-2-14-8(17)5-16-10-7(15-11(16)18)4-3-6(12)9(10)13/h3-4H,2,5H2,1H3,(H,14,17)(H,15,18). The van der Waals surface area contributed by atoms with E-state index in [9.17, 15) is 13.6 Å². The molecule has 7 heteroatoms. The molecule has 0 fully saturated rings. The topological polar surface area (TPSA) is 49.8 Å². The number of likely N-dealkylation sites (N-methyl/N-ethyl adjacent to an activating group) is 1. The summed E-state index contributed by atoms with van der Waals surface area (Å²) in [6.45, 7) is 2.09. The molecule has 18 heavy (non-hydrogen) atoms. The lowest BCUT2D eigenvalue weighted by Gasteiger charge is -2.05. The van der Waals surface area contributed by atoms with Gasteiger partial charge in [-0.2, -0.15) is 0 Å². The average molecular weight is 271 g/mol. The van der Waals surface area contributed by atoms with E-state index in [1.54, 1.807) is 6.92 Å². The third-order valence-corrected chi connectivity index (χ3v) is 2.82. The van der Waals surface area contributed by atoms with E-state index in [1.807, 2.05) is 0 Å². The Morgan fingerprint density at radius 1 is 1.50 bits per heavy atom. The highest BCUT2D eigenvalue weighted by Gasteiger charge is 2.15. The van der Waals surface area contributed by atoms with Crippen molar-refractivity contribution in [2.45, 2.75) is 13.5 Å². The van der Waals surface area contributed by atoms with Crippen LogP contribution in [0.5, 0.6) is 0 Å². The SMILES string of the molecule is CCNC(=O)Cn1c(=S)[nH]c2ccc(F)c(F)c21. The molecule has 1 aromatic carbocycles. The van der Waals surface area contributed by atoms with Crippen LogP contribution in [0, 0.1) is 16.4 Å². The molecule has 96 valence electrons. The molecule has 2 aromatic rings. The van der Waals surface area contributed by atoms with E-state index < -0.39 is 11.6 Å². The summed E-state index contributed by atoms with van der Waals surface area (Å²) >= 11 is 5.00. The molecule has 1 aromatic heterocycles. The Balaban J connectivity index is 2.56. The minimum atomic E-state index is -1.01. The van der Waals surface area contributed by atoms with Crippen LogP contribution in [0.4, 0.5) is 8.78 Å². The zero-order valence-corrected chi connectivity index (χ0v) is 10.4. The van der Waals surface area contributed by atoms with E-state index in [1.165, 1.54) is 10.6 Å². The Morgan fingerprint density at radius 3 is 2.89 bits per heavy atom. The van der Waals surface area contributed by atoms with Crippen LogP contribution in [0.25, 0.3) is 11.0 Å². The quantitative estimate of drug-likeness (QED) is 0.840. The zero-order chi connectivity index (χ0) is 13.3. The number of aromatic amines is 1. The fourth-order valence-corrected chi connectivity index (χ4v) is 2.00. The number of fused-ring (bicyclic) bond motifs is 1. The molecule has 0 radical (unpaired) electrons. The molecule has 0 aliphatic heterocycles. The molecule has 0 bridgehead atoms. The third-order valence-electron chi connectivity index (χ3n) is 2.50. The van der Waals surface area contributed by atoms with Gasteiger partial charge in [0.2, 0.25) is 5.91 Å². The van der Waals surface area contributed by atoms with E-state index in [-0.39, 0.29) is 22.7 Å². The summed E-state index contributed by atoms with van der Waals surface area (Å²) in [7, 11) is 0. The fourth-order valence-electron chi connectivity index (χ4n) is 1.74. The number of aromatic nitrogens is 2. The Kier molecular flexibility index (Phi) is 3.42. The molecule has 0 unspecified atom stereocenters. The van der Waals surface area contributed by atoms with Gasteiger partial charge in [0.25, 0.3) is 0 Å². The van der Waals surface area contributed by atoms with E-state index in [2.05, 4.69) is 10.3 Å². The van der Waals surface area contributed by atoms with Crippen molar-refractivity contribution in [3.05, 3.63) is 28.5 Å². The van der Waals surface area contributed by atoms with Crippen LogP contribution in [-0.4, -0.2) is 22.0 Å². The van der Waals surface area contributed by atoms with Gasteiger partial charge in [0.05, 0.1) is 5.52 Å². The van der Waals surface area contributed by atoms with Crippen molar-refractivity contribution < 1.29 is 13.6 Å². The molecule has 0 saturated carbocycles. The van der Waals surface area contributed by atoms with E-state index in [0.29, 0.717) is 12.1 Å². The van der Waals surface area contributed by atoms with Crippen LogP contribution in [0.2, 0.25) is 0 Å².